The van der Waals surface area contributed by atoms with E-state index >= 15 is 0 Å². The molecule has 2 aliphatic carbocycles. The molecule has 0 aromatic heterocycles. The molecule has 2 saturated carbocycles. The van der Waals surface area contributed by atoms with E-state index in [1.54, 1.807) is 13.0 Å². The Hall–Kier alpha value is -0.680. The van der Waals surface area contributed by atoms with Crippen LogP contribution in [-0.4, -0.2) is 44.8 Å². The van der Waals surface area contributed by atoms with E-state index in [0.717, 1.165) is 24.8 Å². The highest BCUT2D eigenvalue weighted by molar-refractivity contribution is 5.24. The number of rotatable bonds is 3. The van der Waals surface area contributed by atoms with Crippen LogP contribution in [0.2, 0.25) is 0 Å². The quantitative estimate of drug-likeness (QED) is 0.596. The maximum atomic E-state index is 11.1. The largest absolute Gasteiger partial charge is 0.392 e. The smallest absolute Gasteiger partial charge is 0.109 e. The van der Waals surface area contributed by atoms with Gasteiger partial charge < -0.3 is 20.4 Å². The van der Waals surface area contributed by atoms with Crippen LogP contribution in [0.15, 0.2) is 23.8 Å². The lowest BCUT2D eigenvalue weighted by Gasteiger charge is -2.63. The Morgan fingerprint density at radius 3 is 2.33 bits per heavy atom. The molecule has 0 saturated heterocycles. The van der Waals surface area contributed by atoms with Crippen LogP contribution < -0.4 is 0 Å². The molecular formula is C20H34O4. The van der Waals surface area contributed by atoms with Gasteiger partial charge in [-0.1, -0.05) is 51.0 Å². The van der Waals surface area contributed by atoms with Crippen LogP contribution >= 0.6 is 0 Å². The fraction of sp³-hybridized carbons (Fsp3) is 0.800. The molecule has 2 rings (SSSR count). The lowest BCUT2D eigenvalue weighted by molar-refractivity contribution is -0.255. The third-order valence-corrected chi connectivity index (χ3v) is 6.66. The topological polar surface area (TPSA) is 80.9 Å². The summed E-state index contributed by atoms with van der Waals surface area (Å²) in [7, 11) is 0. The molecule has 0 radical (unpaired) electrons. The summed E-state index contributed by atoms with van der Waals surface area (Å²) in [5, 5.41) is 41.5. The Morgan fingerprint density at radius 1 is 1.12 bits per heavy atom. The maximum Gasteiger partial charge on any atom is 0.109 e. The van der Waals surface area contributed by atoms with E-state index in [1.807, 2.05) is 19.1 Å². The zero-order valence-electron chi connectivity index (χ0n) is 15.7. The first kappa shape index (κ1) is 19.6. The van der Waals surface area contributed by atoms with Crippen LogP contribution in [0, 0.1) is 22.7 Å². The van der Waals surface area contributed by atoms with Crippen LogP contribution in [0.5, 0.6) is 0 Å². The minimum absolute atomic E-state index is 0.0223. The van der Waals surface area contributed by atoms with Crippen LogP contribution in [0.25, 0.3) is 0 Å². The van der Waals surface area contributed by atoms with Gasteiger partial charge in [0, 0.05) is 5.92 Å². The van der Waals surface area contributed by atoms with E-state index in [1.165, 1.54) is 0 Å². The van der Waals surface area contributed by atoms with Gasteiger partial charge in [-0.15, -0.1) is 0 Å². The normalized spacial score (nSPS) is 46.1. The van der Waals surface area contributed by atoms with E-state index in [0.29, 0.717) is 0 Å². The Bertz CT molecular complexity index is 520. The van der Waals surface area contributed by atoms with Gasteiger partial charge in [0.15, 0.2) is 0 Å². The minimum Gasteiger partial charge on any atom is -0.392 e. The van der Waals surface area contributed by atoms with Gasteiger partial charge in [0.05, 0.1) is 18.3 Å². The second kappa shape index (κ2) is 6.56. The Morgan fingerprint density at radius 2 is 1.75 bits per heavy atom. The number of fused-ring (bicyclic) bond motifs is 1. The molecule has 4 nitrogen and oxygen atoms in total. The van der Waals surface area contributed by atoms with E-state index in [9.17, 15) is 15.3 Å². The molecule has 0 spiro atoms. The predicted molar refractivity (Wildman–Crippen MR) is 95.3 cm³/mol. The Labute approximate surface area is 145 Å². The van der Waals surface area contributed by atoms with E-state index < -0.39 is 17.8 Å². The van der Waals surface area contributed by atoms with Gasteiger partial charge in [0.2, 0.25) is 0 Å². The van der Waals surface area contributed by atoms with Gasteiger partial charge in [0.25, 0.3) is 0 Å². The average molecular weight is 338 g/mol. The first-order valence-electron chi connectivity index (χ1n) is 9.03. The molecule has 2 fully saturated rings. The molecule has 0 heterocycles. The zero-order valence-corrected chi connectivity index (χ0v) is 15.7. The molecular weight excluding hydrogens is 304 g/mol. The number of hydrogen-bond donors (Lipinski definition) is 4. The minimum atomic E-state index is -1.39. The van der Waals surface area contributed by atoms with Crippen LogP contribution in [-0.2, 0) is 0 Å². The molecule has 24 heavy (non-hydrogen) atoms. The first-order chi connectivity index (χ1) is 11.0. The summed E-state index contributed by atoms with van der Waals surface area (Å²) < 4.78 is 0. The lowest BCUT2D eigenvalue weighted by atomic mass is 9.44. The van der Waals surface area contributed by atoms with Gasteiger partial charge in [-0.25, -0.2) is 0 Å². The molecule has 138 valence electrons. The zero-order chi connectivity index (χ0) is 18.3. The summed E-state index contributed by atoms with van der Waals surface area (Å²) in [6.07, 6.45) is 6.45. The third kappa shape index (κ3) is 3.10. The molecule has 0 bridgehead atoms. The number of allylic oxidation sites excluding steroid dienone is 2. The van der Waals surface area contributed by atoms with Crippen molar-refractivity contribution in [2.24, 2.45) is 22.7 Å². The van der Waals surface area contributed by atoms with Crippen molar-refractivity contribution in [2.45, 2.75) is 71.7 Å². The van der Waals surface area contributed by atoms with Gasteiger partial charge in [-0.3, -0.25) is 0 Å². The van der Waals surface area contributed by atoms with Crippen molar-refractivity contribution in [2.75, 3.05) is 6.61 Å². The lowest BCUT2D eigenvalue weighted by Crippen LogP contribution is -2.69. The molecule has 0 amide bonds. The fourth-order valence-electron chi connectivity index (χ4n) is 5.58. The number of aliphatic hydroxyl groups excluding tert-OH is 3. The van der Waals surface area contributed by atoms with Crippen molar-refractivity contribution < 1.29 is 20.4 Å². The van der Waals surface area contributed by atoms with E-state index in [-0.39, 0.29) is 29.3 Å². The van der Waals surface area contributed by atoms with Gasteiger partial charge in [0.1, 0.15) is 6.10 Å². The van der Waals surface area contributed by atoms with Gasteiger partial charge in [-0.2, -0.15) is 0 Å². The number of aliphatic hydroxyl groups is 4. The first-order valence-corrected chi connectivity index (χ1v) is 9.03. The van der Waals surface area contributed by atoms with Crippen LogP contribution in [0.1, 0.15) is 53.9 Å². The standard InChI is InChI=1S/C20H34O4/c1-13(9-12-21)7-8-14-19(4)11-6-10-18(2,3)16(19)15(22)17(23)20(14,5)24/h7-9,14-17,21-24H,6,10-12H2,1-5H3. The second-order valence-electron chi connectivity index (χ2n) is 8.95. The van der Waals surface area contributed by atoms with Crippen molar-refractivity contribution in [1.82, 2.24) is 0 Å². The van der Waals surface area contributed by atoms with Crippen molar-refractivity contribution in [3.8, 4) is 0 Å². The van der Waals surface area contributed by atoms with E-state index in [4.69, 9.17) is 5.11 Å². The molecule has 4 heteroatoms. The molecule has 2 aliphatic rings. The van der Waals surface area contributed by atoms with Crippen LogP contribution in [0.4, 0.5) is 0 Å². The SMILES string of the molecule is CC(C=CC1C(C)(O)C(O)C(O)C2C(C)(C)CCCC21C)=CCO. The monoisotopic (exact) mass is 338 g/mol. The summed E-state index contributed by atoms with van der Waals surface area (Å²) in [6.45, 7) is 9.96. The van der Waals surface area contributed by atoms with Gasteiger partial charge >= 0.3 is 0 Å². The summed E-state index contributed by atoms with van der Waals surface area (Å²) in [5.41, 5.74) is -0.857. The molecule has 4 N–H and O–H groups in total. The summed E-state index contributed by atoms with van der Waals surface area (Å²) >= 11 is 0. The number of hydrogen-bond acceptors (Lipinski definition) is 4. The second-order valence-corrected chi connectivity index (χ2v) is 8.95. The highest BCUT2D eigenvalue weighted by Gasteiger charge is 2.64. The average Bonchev–Trinajstić information content (AvgIpc) is 2.44. The van der Waals surface area contributed by atoms with Crippen molar-refractivity contribution in [1.29, 1.82) is 0 Å². The highest BCUT2D eigenvalue weighted by Crippen LogP contribution is 2.62. The third-order valence-electron chi connectivity index (χ3n) is 6.66. The summed E-state index contributed by atoms with van der Waals surface area (Å²) in [4.78, 5) is 0. The maximum absolute atomic E-state index is 11.1. The molecule has 0 aromatic rings. The van der Waals surface area contributed by atoms with Crippen LogP contribution in [0.3, 0.4) is 0 Å². The molecule has 0 aromatic carbocycles. The Kier molecular flexibility index (Phi) is 5.37. The molecule has 6 atom stereocenters. The summed E-state index contributed by atoms with van der Waals surface area (Å²) in [5.74, 6) is -0.347. The van der Waals surface area contributed by atoms with Gasteiger partial charge in [-0.05, 0) is 43.4 Å². The summed E-state index contributed by atoms with van der Waals surface area (Å²) in [6, 6.07) is 0. The fourth-order valence-corrected chi connectivity index (χ4v) is 5.58. The van der Waals surface area contributed by atoms with Crippen molar-refractivity contribution >= 4 is 0 Å². The van der Waals surface area contributed by atoms with E-state index in [2.05, 4.69) is 20.8 Å². The molecule has 0 aliphatic heterocycles. The highest BCUT2D eigenvalue weighted by atomic mass is 16.4. The predicted octanol–water partition coefficient (Wildman–Crippen LogP) is 2.42. The van der Waals surface area contributed by atoms with Crippen molar-refractivity contribution in [3.05, 3.63) is 23.8 Å². The Balaban J connectivity index is 2.50. The molecule has 6 unspecified atom stereocenters. The van der Waals surface area contributed by atoms with Crippen molar-refractivity contribution in [3.63, 3.8) is 0 Å².